The third-order valence-corrected chi connectivity index (χ3v) is 4.15. The van der Waals surface area contributed by atoms with Crippen LogP contribution in [0.1, 0.15) is 31.7 Å². The summed E-state index contributed by atoms with van der Waals surface area (Å²) in [5.74, 6) is 0.0487. The van der Waals surface area contributed by atoms with E-state index in [1.54, 1.807) is 6.92 Å². The van der Waals surface area contributed by atoms with Crippen LogP contribution in [0.2, 0.25) is 0 Å². The number of esters is 1. The van der Waals surface area contributed by atoms with Gasteiger partial charge in [0.2, 0.25) is 5.91 Å². The van der Waals surface area contributed by atoms with Crippen molar-refractivity contribution in [1.82, 2.24) is 0 Å². The first-order valence-corrected chi connectivity index (χ1v) is 7.89. The maximum Gasteiger partial charge on any atom is 0.310 e. The Hall–Kier alpha value is -1.59. The Balaban J connectivity index is 0.00000264. The van der Waals surface area contributed by atoms with Crippen LogP contribution < -0.4 is 11.1 Å². The molecule has 0 radical (unpaired) electrons. The highest BCUT2D eigenvalue weighted by atomic mass is 35.5. The molecule has 5 nitrogen and oxygen atoms in total. The molecular weight excluding hydrogens is 316 g/mol. The molecule has 0 aromatic heterocycles. The van der Waals surface area contributed by atoms with Crippen LogP contribution in [0, 0.1) is 11.8 Å². The Morgan fingerprint density at radius 3 is 2.83 bits per heavy atom. The number of anilines is 1. The minimum Gasteiger partial charge on any atom is -0.466 e. The van der Waals surface area contributed by atoms with Crippen molar-refractivity contribution >= 4 is 30.0 Å². The summed E-state index contributed by atoms with van der Waals surface area (Å²) in [4.78, 5) is 23.9. The Morgan fingerprint density at radius 2 is 2.13 bits per heavy atom. The average Bonchev–Trinajstić information content (AvgIpc) is 2.96. The van der Waals surface area contributed by atoms with Gasteiger partial charge >= 0.3 is 5.97 Å². The lowest BCUT2D eigenvalue weighted by atomic mass is 9.95. The Morgan fingerprint density at radius 1 is 1.35 bits per heavy atom. The molecule has 0 bridgehead atoms. The van der Waals surface area contributed by atoms with E-state index >= 15 is 0 Å². The van der Waals surface area contributed by atoms with Crippen molar-refractivity contribution in [2.24, 2.45) is 17.6 Å². The Bertz CT molecular complexity index is 536. The monoisotopic (exact) mass is 340 g/mol. The summed E-state index contributed by atoms with van der Waals surface area (Å²) in [5.41, 5.74) is 7.28. The van der Waals surface area contributed by atoms with Crippen molar-refractivity contribution in [1.29, 1.82) is 0 Å². The van der Waals surface area contributed by atoms with Gasteiger partial charge in [0, 0.05) is 11.6 Å². The van der Waals surface area contributed by atoms with Crippen LogP contribution in [-0.2, 0) is 20.7 Å². The quantitative estimate of drug-likeness (QED) is 0.780. The van der Waals surface area contributed by atoms with Crippen LogP contribution in [0.4, 0.5) is 5.69 Å². The van der Waals surface area contributed by atoms with Gasteiger partial charge in [0.1, 0.15) is 0 Å². The van der Waals surface area contributed by atoms with Gasteiger partial charge < -0.3 is 15.8 Å². The number of carbonyl (C=O) groups is 2. The SMILES string of the molecule is CCOC(=O)Cc1cccc(NC(=O)[C@@H]2CCC[C@@H]2CN)c1.Cl. The normalized spacial score (nSPS) is 19.7. The number of amides is 1. The third kappa shape index (κ3) is 5.52. The van der Waals surface area contributed by atoms with E-state index in [9.17, 15) is 9.59 Å². The summed E-state index contributed by atoms with van der Waals surface area (Å²) in [6.45, 7) is 2.71. The summed E-state index contributed by atoms with van der Waals surface area (Å²) in [6, 6.07) is 7.34. The fraction of sp³-hybridized carbons (Fsp3) is 0.529. The number of ether oxygens (including phenoxy) is 1. The van der Waals surface area contributed by atoms with Crippen LogP contribution >= 0.6 is 12.4 Å². The first kappa shape index (κ1) is 19.5. The average molecular weight is 341 g/mol. The van der Waals surface area contributed by atoms with Gasteiger partial charge in [0.25, 0.3) is 0 Å². The largest absolute Gasteiger partial charge is 0.466 e. The van der Waals surface area contributed by atoms with Gasteiger partial charge in [-0.05, 0) is 49.9 Å². The van der Waals surface area contributed by atoms with Gasteiger partial charge in [0.15, 0.2) is 0 Å². The van der Waals surface area contributed by atoms with Gasteiger partial charge in [-0.3, -0.25) is 9.59 Å². The zero-order valence-corrected chi connectivity index (χ0v) is 14.2. The third-order valence-electron chi connectivity index (χ3n) is 4.15. The zero-order chi connectivity index (χ0) is 15.9. The maximum atomic E-state index is 12.4. The van der Waals surface area contributed by atoms with Crippen molar-refractivity contribution in [2.45, 2.75) is 32.6 Å². The van der Waals surface area contributed by atoms with Gasteiger partial charge in [0.05, 0.1) is 13.0 Å². The predicted octanol–water partition coefficient (Wildman–Crippen LogP) is 2.53. The highest BCUT2D eigenvalue weighted by Gasteiger charge is 2.31. The highest BCUT2D eigenvalue weighted by Crippen LogP contribution is 2.31. The first-order chi connectivity index (χ1) is 10.6. The molecule has 1 amide bonds. The van der Waals surface area contributed by atoms with E-state index in [0.29, 0.717) is 13.2 Å². The van der Waals surface area contributed by atoms with E-state index in [2.05, 4.69) is 5.32 Å². The second-order valence-corrected chi connectivity index (χ2v) is 5.70. The standard InChI is InChI=1S/C17H24N2O3.ClH/c1-2-22-16(20)10-12-5-3-7-14(9-12)19-17(21)15-8-4-6-13(15)11-18;/h3,5,7,9,13,15H,2,4,6,8,10-11,18H2,1H3,(H,19,21);1H/t13-,15-;/m1./s1. The summed E-state index contributed by atoms with van der Waals surface area (Å²) in [6.07, 6.45) is 3.20. The minimum absolute atomic E-state index is 0. The summed E-state index contributed by atoms with van der Waals surface area (Å²) < 4.78 is 4.94. The molecule has 2 atom stereocenters. The molecular formula is C17H25ClN2O3. The zero-order valence-electron chi connectivity index (χ0n) is 13.4. The molecule has 0 spiro atoms. The molecule has 0 saturated heterocycles. The smallest absolute Gasteiger partial charge is 0.310 e. The van der Waals surface area contributed by atoms with E-state index in [0.717, 1.165) is 30.5 Å². The molecule has 0 heterocycles. The number of nitrogens with one attached hydrogen (secondary N) is 1. The summed E-state index contributed by atoms with van der Waals surface area (Å²) in [5, 5.41) is 2.95. The molecule has 128 valence electrons. The highest BCUT2D eigenvalue weighted by molar-refractivity contribution is 5.93. The maximum absolute atomic E-state index is 12.4. The first-order valence-electron chi connectivity index (χ1n) is 7.89. The van der Waals surface area contributed by atoms with Crippen LogP contribution in [0.25, 0.3) is 0 Å². The lowest BCUT2D eigenvalue weighted by Crippen LogP contribution is -2.29. The number of halogens is 1. The van der Waals surface area contributed by atoms with Crippen LogP contribution in [0.3, 0.4) is 0 Å². The fourth-order valence-corrected chi connectivity index (χ4v) is 3.04. The second kappa shape index (κ2) is 9.53. The summed E-state index contributed by atoms with van der Waals surface area (Å²) in [7, 11) is 0. The number of carbonyl (C=O) groups excluding carboxylic acids is 2. The van der Waals surface area contributed by atoms with E-state index in [1.165, 1.54) is 0 Å². The molecule has 3 N–H and O–H groups in total. The van der Waals surface area contributed by atoms with Gasteiger partial charge in [-0.2, -0.15) is 0 Å². The fourth-order valence-electron chi connectivity index (χ4n) is 3.04. The Kier molecular flexibility index (Phi) is 8.06. The van der Waals surface area contributed by atoms with Gasteiger partial charge in [-0.25, -0.2) is 0 Å². The molecule has 0 unspecified atom stereocenters. The van der Waals surface area contributed by atoms with E-state index in [1.807, 2.05) is 24.3 Å². The van der Waals surface area contributed by atoms with Gasteiger partial charge in [-0.15, -0.1) is 12.4 Å². The molecule has 1 fully saturated rings. The van der Waals surface area contributed by atoms with Crippen molar-refractivity contribution in [3.8, 4) is 0 Å². The molecule has 1 aliphatic carbocycles. The number of rotatable bonds is 6. The van der Waals surface area contributed by atoms with Crippen molar-refractivity contribution < 1.29 is 14.3 Å². The molecule has 1 saturated carbocycles. The Labute approximate surface area is 143 Å². The van der Waals surface area contributed by atoms with Crippen molar-refractivity contribution in [2.75, 3.05) is 18.5 Å². The lowest BCUT2D eigenvalue weighted by molar-refractivity contribution is -0.142. The minimum atomic E-state index is -0.259. The molecule has 1 aliphatic rings. The summed E-state index contributed by atoms with van der Waals surface area (Å²) >= 11 is 0. The molecule has 1 aromatic rings. The van der Waals surface area contributed by atoms with Crippen LogP contribution in [-0.4, -0.2) is 25.0 Å². The molecule has 1 aromatic carbocycles. The van der Waals surface area contributed by atoms with Crippen LogP contribution in [0.5, 0.6) is 0 Å². The molecule has 2 rings (SSSR count). The number of hydrogen-bond acceptors (Lipinski definition) is 4. The number of hydrogen-bond donors (Lipinski definition) is 2. The van der Waals surface area contributed by atoms with Crippen LogP contribution in [0.15, 0.2) is 24.3 Å². The van der Waals surface area contributed by atoms with E-state index < -0.39 is 0 Å². The number of nitrogens with two attached hydrogens (primary N) is 1. The van der Waals surface area contributed by atoms with E-state index in [-0.39, 0.29) is 42.5 Å². The topological polar surface area (TPSA) is 81.4 Å². The van der Waals surface area contributed by atoms with Gasteiger partial charge in [-0.1, -0.05) is 18.6 Å². The van der Waals surface area contributed by atoms with Crippen molar-refractivity contribution in [3.05, 3.63) is 29.8 Å². The molecule has 0 aliphatic heterocycles. The molecule has 23 heavy (non-hydrogen) atoms. The predicted molar refractivity (Wildman–Crippen MR) is 92.5 cm³/mol. The van der Waals surface area contributed by atoms with Crippen molar-refractivity contribution in [3.63, 3.8) is 0 Å². The van der Waals surface area contributed by atoms with E-state index in [4.69, 9.17) is 10.5 Å². The lowest BCUT2D eigenvalue weighted by Gasteiger charge is -2.17. The second-order valence-electron chi connectivity index (χ2n) is 5.70. The molecule has 6 heteroatoms. The number of benzene rings is 1.